The van der Waals surface area contributed by atoms with E-state index in [1.54, 1.807) is 31.2 Å². The van der Waals surface area contributed by atoms with Gasteiger partial charge in [-0.3, -0.25) is 9.69 Å². The third-order valence-corrected chi connectivity index (χ3v) is 2.96. The van der Waals surface area contributed by atoms with Crippen molar-refractivity contribution in [2.24, 2.45) is 0 Å². The summed E-state index contributed by atoms with van der Waals surface area (Å²) in [6.07, 6.45) is 0.366. The summed E-state index contributed by atoms with van der Waals surface area (Å²) >= 11 is 3.29. The first-order valence-corrected chi connectivity index (χ1v) is 6.04. The number of halogens is 1. The van der Waals surface area contributed by atoms with E-state index in [0.717, 1.165) is 4.47 Å². The highest BCUT2D eigenvalue weighted by molar-refractivity contribution is 9.10. The Morgan fingerprint density at radius 3 is 2.24 bits per heavy atom. The third-order valence-electron chi connectivity index (χ3n) is 2.43. The standard InChI is InChI=1S/C12H14BrNO3/c1-3-11(12(16)17)14(8(2)15)10-6-4-9(13)5-7-10/h4-7,11H,3H2,1-2H3,(H,16,17). The van der Waals surface area contributed by atoms with Crippen molar-refractivity contribution < 1.29 is 14.7 Å². The first-order valence-electron chi connectivity index (χ1n) is 5.25. The molecule has 0 aliphatic heterocycles. The lowest BCUT2D eigenvalue weighted by molar-refractivity contribution is -0.140. The van der Waals surface area contributed by atoms with E-state index in [1.165, 1.54) is 11.8 Å². The smallest absolute Gasteiger partial charge is 0.326 e. The molecule has 0 aromatic heterocycles. The van der Waals surface area contributed by atoms with Crippen LogP contribution >= 0.6 is 15.9 Å². The fraction of sp³-hybridized carbons (Fsp3) is 0.333. The first-order chi connectivity index (χ1) is 7.97. The van der Waals surface area contributed by atoms with Crippen molar-refractivity contribution in [1.82, 2.24) is 0 Å². The summed E-state index contributed by atoms with van der Waals surface area (Å²) in [5, 5.41) is 9.11. The lowest BCUT2D eigenvalue weighted by Crippen LogP contribution is -2.43. The van der Waals surface area contributed by atoms with E-state index in [-0.39, 0.29) is 5.91 Å². The zero-order chi connectivity index (χ0) is 13.0. The molecule has 1 amide bonds. The number of benzene rings is 1. The highest BCUT2D eigenvalue weighted by Gasteiger charge is 2.27. The van der Waals surface area contributed by atoms with Crippen LogP contribution in [-0.2, 0) is 9.59 Å². The molecule has 1 rings (SSSR count). The van der Waals surface area contributed by atoms with Gasteiger partial charge in [-0.1, -0.05) is 22.9 Å². The molecular formula is C12H14BrNO3. The second-order valence-corrected chi connectivity index (χ2v) is 4.54. The lowest BCUT2D eigenvalue weighted by atomic mass is 10.1. The maximum absolute atomic E-state index is 11.6. The van der Waals surface area contributed by atoms with Crippen LogP contribution in [0.4, 0.5) is 5.69 Å². The summed E-state index contributed by atoms with van der Waals surface area (Å²) in [6.45, 7) is 3.11. The van der Waals surface area contributed by atoms with Crippen molar-refractivity contribution >= 4 is 33.5 Å². The van der Waals surface area contributed by atoms with Gasteiger partial charge in [-0.25, -0.2) is 4.79 Å². The fourth-order valence-electron chi connectivity index (χ4n) is 1.65. The molecule has 0 aliphatic rings. The number of amides is 1. The van der Waals surface area contributed by atoms with Crippen molar-refractivity contribution in [1.29, 1.82) is 0 Å². The van der Waals surface area contributed by atoms with Crippen molar-refractivity contribution in [2.45, 2.75) is 26.3 Å². The Bertz CT molecular complexity index is 416. The van der Waals surface area contributed by atoms with Crippen LogP contribution < -0.4 is 4.90 Å². The Morgan fingerprint density at radius 2 is 1.88 bits per heavy atom. The van der Waals surface area contributed by atoms with Gasteiger partial charge in [0.05, 0.1) is 0 Å². The van der Waals surface area contributed by atoms with Gasteiger partial charge in [0.15, 0.2) is 0 Å². The number of hydrogen-bond donors (Lipinski definition) is 1. The Kier molecular flexibility index (Phi) is 4.69. The molecule has 0 fully saturated rings. The SMILES string of the molecule is CCC(C(=O)O)N(C(C)=O)c1ccc(Br)cc1. The fourth-order valence-corrected chi connectivity index (χ4v) is 1.91. The molecule has 0 spiro atoms. The number of carboxylic acid groups (broad SMARTS) is 1. The van der Waals surface area contributed by atoms with E-state index >= 15 is 0 Å². The molecule has 1 aromatic rings. The van der Waals surface area contributed by atoms with E-state index < -0.39 is 12.0 Å². The monoisotopic (exact) mass is 299 g/mol. The second kappa shape index (κ2) is 5.82. The zero-order valence-electron chi connectivity index (χ0n) is 9.68. The lowest BCUT2D eigenvalue weighted by Gasteiger charge is -2.27. The highest BCUT2D eigenvalue weighted by atomic mass is 79.9. The molecule has 0 heterocycles. The number of nitrogens with zero attached hydrogens (tertiary/aromatic N) is 1. The van der Waals surface area contributed by atoms with Gasteiger partial charge in [-0.05, 0) is 30.7 Å². The minimum Gasteiger partial charge on any atom is -0.480 e. The Morgan fingerprint density at radius 1 is 1.35 bits per heavy atom. The van der Waals surface area contributed by atoms with Gasteiger partial charge in [-0.2, -0.15) is 0 Å². The zero-order valence-corrected chi connectivity index (χ0v) is 11.3. The predicted octanol–water partition coefficient (Wildman–Crippen LogP) is 2.67. The van der Waals surface area contributed by atoms with Crippen molar-refractivity contribution in [3.63, 3.8) is 0 Å². The van der Waals surface area contributed by atoms with Gasteiger partial charge in [0.1, 0.15) is 6.04 Å². The quantitative estimate of drug-likeness (QED) is 0.930. The van der Waals surface area contributed by atoms with Crippen LogP contribution in [0, 0.1) is 0 Å². The van der Waals surface area contributed by atoms with Crippen molar-refractivity contribution in [3.05, 3.63) is 28.7 Å². The molecule has 0 saturated heterocycles. The second-order valence-electron chi connectivity index (χ2n) is 3.63. The van der Waals surface area contributed by atoms with Crippen LogP contribution in [0.5, 0.6) is 0 Å². The molecule has 92 valence electrons. The molecule has 5 heteroatoms. The number of anilines is 1. The van der Waals surface area contributed by atoms with Crippen LogP contribution in [0.2, 0.25) is 0 Å². The molecule has 0 saturated carbocycles. The molecule has 17 heavy (non-hydrogen) atoms. The summed E-state index contributed by atoms with van der Waals surface area (Å²) in [7, 11) is 0. The molecule has 1 N–H and O–H groups in total. The van der Waals surface area contributed by atoms with Gasteiger partial charge < -0.3 is 5.11 Å². The molecule has 0 bridgehead atoms. The van der Waals surface area contributed by atoms with E-state index in [1.807, 2.05) is 0 Å². The number of hydrogen-bond acceptors (Lipinski definition) is 2. The largest absolute Gasteiger partial charge is 0.480 e. The molecule has 1 unspecified atom stereocenters. The van der Waals surface area contributed by atoms with Crippen LogP contribution in [0.3, 0.4) is 0 Å². The Labute approximate surface area is 108 Å². The maximum Gasteiger partial charge on any atom is 0.326 e. The van der Waals surface area contributed by atoms with Gasteiger partial charge in [0.25, 0.3) is 0 Å². The van der Waals surface area contributed by atoms with Gasteiger partial charge in [0.2, 0.25) is 5.91 Å². The molecule has 4 nitrogen and oxygen atoms in total. The van der Waals surface area contributed by atoms with Crippen LogP contribution in [-0.4, -0.2) is 23.0 Å². The molecule has 0 radical (unpaired) electrons. The van der Waals surface area contributed by atoms with Crippen LogP contribution in [0.15, 0.2) is 28.7 Å². The Balaban J connectivity index is 3.12. The van der Waals surface area contributed by atoms with E-state index in [2.05, 4.69) is 15.9 Å². The molecule has 0 aliphatic carbocycles. The summed E-state index contributed by atoms with van der Waals surface area (Å²) < 4.78 is 0.883. The predicted molar refractivity (Wildman–Crippen MR) is 69.0 cm³/mol. The number of aliphatic carboxylic acids is 1. The highest BCUT2D eigenvalue weighted by Crippen LogP contribution is 2.22. The Hall–Kier alpha value is -1.36. The molecule has 1 atom stereocenters. The number of carbonyl (C=O) groups is 2. The topological polar surface area (TPSA) is 57.6 Å². The summed E-state index contributed by atoms with van der Waals surface area (Å²) in [5.41, 5.74) is 0.593. The van der Waals surface area contributed by atoms with Gasteiger partial charge in [-0.15, -0.1) is 0 Å². The molecule has 1 aromatic carbocycles. The summed E-state index contributed by atoms with van der Waals surface area (Å²) in [6, 6.07) is 6.17. The summed E-state index contributed by atoms with van der Waals surface area (Å²) in [5.74, 6) is -1.27. The minimum absolute atomic E-state index is 0.276. The van der Waals surface area contributed by atoms with Gasteiger partial charge >= 0.3 is 5.97 Å². The number of rotatable bonds is 4. The third kappa shape index (κ3) is 3.30. The number of carbonyl (C=O) groups excluding carboxylic acids is 1. The van der Waals surface area contributed by atoms with Crippen molar-refractivity contribution in [3.8, 4) is 0 Å². The van der Waals surface area contributed by atoms with E-state index in [9.17, 15) is 9.59 Å². The average Bonchev–Trinajstić information content (AvgIpc) is 2.26. The van der Waals surface area contributed by atoms with Crippen LogP contribution in [0.25, 0.3) is 0 Å². The minimum atomic E-state index is -0.995. The molecular weight excluding hydrogens is 286 g/mol. The van der Waals surface area contributed by atoms with Gasteiger partial charge in [0, 0.05) is 17.1 Å². The average molecular weight is 300 g/mol. The van der Waals surface area contributed by atoms with E-state index in [4.69, 9.17) is 5.11 Å². The maximum atomic E-state index is 11.6. The van der Waals surface area contributed by atoms with Crippen molar-refractivity contribution in [2.75, 3.05) is 4.90 Å². The number of carboxylic acids is 1. The first kappa shape index (κ1) is 13.7. The van der Waals surface area contributed by atoms with E-state index in [0.29, 0.717) is 12.1 Å². The summed E-state index contributed by atoms with van der Waals surface area (Å²) in [4.78, 5) is 24.0. The normalized spacial score (nSPS) is 11.9. The van der Waals surface area contributed by atoms with Crippen LogP contribution in [0.1, 0.15) is 20.3 Å².